The van der Waals surface area contributed by atoms with Gasteiger partial charge in [-0.05, 0) is 25.0 Å². The zero-order valence-electron chi connectivity index (χ0n) is 8.04. The van der Waals surface area contributed by atoms with E-state index in [0.29, 0.717) is 5.69 Å². The first-order valence-electron chi connectivity index (χ1n) is 4.29. The van der Waals surface area contributed by atoms with E-state index in [-0.39, 0.29) is 12.6 Å². The summed E-state index contributed by atoms with van der Waals surface area (Å²) in [6.45, 7) is 3.85. The normalized spacial score (nSPS) is 12.9. The van der Waals surface area contributed by atoms with Crippen LogP contribution >= 0.6 is 0 Å². The SMILES string of the molecule is Cc1cc(C)c(N)c(C(N)CO)c1. The maximum atomic E-state index is 8.91. The van der Waals surface area contributed by atoms with E-state index < -0.39 is 0 Å². The third-order valence-corrected chi connectivity index (χ3v) is 2.16. The Bertz CT molecular complexity index is 310. The van der Waals surface area contributed by atoms with Crippen LogP contribution in [-0.4, -0.2) is 11.7 Å². The quantitative estimate of drug-likeness (QED) is 0.591. The van der Waals surface area contributed by atoms with Crippen LogP contribution < -0.4 is 11.5 Å². The van der Waals surface area contributed by atoms with Gasteiger partial charge in [0.2, 0.25) is 0 Å². The van der Waals surface area contributed by atoms with Gasteiger partial charge in [-0.3, -0.25) is 0 Å². The van der Waals surface area contributed by atoms with Crippen LogP contribution in [0.25, 0.3) is 0 Å². The zero-order chi connectivity index (χ0) is 10.0. The van der Waals surface area contributed by atoms with Crippen LogP contribution in [0.15, 0.2) is 12.1 Å². The molecule has 0 saturated heterocycles. The number of hydrogen-bond acceptors (Lipinski definition) is 3. The molecule has 1 aromatic rings. The van der Waals surface area contributed by atoms with Gasteiger partial charge in [0.25, 0.3) is 0 Å². The smallest absolute Gasteiger partial charge is 0.0625 e. The summed E-state index contributed by atoms with van der Waals surface area (Å²) in [7, 11) is 0. The van der Waals surface area contributed by atoms with Gasteiger partial charge in [0, 0.05) is 5.69 Å². The highest BCUT2D eigenvalue weighted by molar-refractivity contribution is 5.56. The highest BCUT2D eigenvalue weighted by atomic mass is 16.3. The second-order valence-corrected chi connectivity index (χ2v) is 3.37. The van der Waals surface area contributed by atoms with Crippen molar-refractivity contribution in [2.45, 2.75) is 19.9 Å². The van der Waals surface area contributed by atoms with Crippen molar-refractivity contribution in [2.75, 3.05) is 12.3 Å². The molecule has 0 aromatic heterocycles. The predicted octanol–water partition coefficient (Wildman–Crippen LogP) is 0.878. The summed E-state index contributed by atoms with van der Waals surface area (Å²) in [5.74, 6) is 0. The molecule has 0 radical (unpaired) electrons. The average Bonchev–Trinajstić information content (AvgIpc) is 2.10. The van der Waals surface area contributed by atoms with Gasteiger partial charge >= 0.3 is 0 Å². The molecule has 3 heteroatoms. The Morgan fingerprint density at radius 2 is 2.00 bits per heavy atom. The van der Waals surface area contributed by atoms with E-state index in [2.05, 4.69) is 0 Å². The van der Waals surface area contributed by atoms with E-state index >= 15 is 0 Å². The van der Waals surface area contributed by atoms with Gasteiger partial charge < -0.3 is 16.6 Å². The number of nitrogen functional groups attached to an aromatic ring is 1. The Morgan fingerprint density at radius 3 is 2.54 bits per heavy atom. The standard InChI is InChI=1S/C10H16N2O/c1-6-3-7(2)10(12)8(4-6)9(11)5-13/h3-4,9,13H,5,11-12H2,1-2H3. The van der Waals surface area contributed by atoms with E-state index in [1.807, 2.05) is 26.0 Å². The maximum absolute atomic E-state index is 8.91. The largest absolute Gasteiger partial charge is 0.398 e. The molecule has 0 spiro atoms. The number of nitrogens with two attached hydrogens (primary N) is 2. The summed E-state index contributed by atoms with van der Waals surface area (Å²) in [6, 6.07) is 3.55. The van der Waals surface area contributed by atoms with E-state index in [1.54, 1.807) is 0 Å². The minimum absolute atomic E-state index is 0.0763. The van der Waals surface area contributed by atoms with Crippen LogP contribution in [0, 0.1) is 13.8 Å². The molecule has 0 aliphatic heterocycles. The number of hydrogen-bond donors (Lipinski definition) is 3. The number of benzene rings is 1. The molecule has 72 valence electrons. The van der Waals surface area contributed by atoms with Crippen LogP contribution in [0.3, 0.4) is 0 Å². The summed E-state index contributed by atoms with van der Waals surface area (Å²) in [5.41, 5.74) is 15.2. The summed E-state index contributed by atoms with van der Waals surface area (Å²) in [5, 5.41) is 8.91. The number of anilines is 1. The fourth-order valence-electron chi connectivity index (χ4n) is 1.42. The van der Waals surface area contributed by atoms with Gasteiger partial charge in [0.15, 0.2) is 0 Å². The lowest BCUT2D eigenvalue weighted by Crippen LogP contribution is -2.17. The second kappa shape index (κ2) is 3.77. The summed E-state index contributed by atoms with van der Waals surface area (Å²) >= 11 is 0. The molecular weight excluding hydrogens is 164 g/mol. The first-order chi connectivity index (χ1) is 6.06. The number of aryl methyl sites for hydroxylation is 2. The molecule has 1 atom stereocenters. The molecular formula is C10H16N2O. The molecule has 0 aliphatic carbocycles. The Labute approximate surface area is 78.4 Å². The lowest BCUT2D eigenvalue weighted by molar-refractivity contribution is 0.268. The minimum Gasteiger partial charge on any atom is -0.398 e. The van der Waals surface area contributed by atoms with Gasteiger partial charge in [-0.1, -0.05) is 17.7 Å². The van der Waals surface area contributed by atoms with Crippen molar-refractivity contribution in [1.29, 1.82) is 0 Å². The first kappa shape index (κ1) is 10.0. The Kier molecular flexibility index (Phi) is 2.90. The van der Waals surface area contributed by atoms with Crippen molar-refractivity contribution in [3.8, 4) is 0 Å². The topological polar surface area (TPSA) is 72.3 Å². The molecule has 0 heterocycles. The second-order valence-electron chi connectivity index (χ2n) is 3.37. The summed E-state index contributed by atoms with van der Waals surface area (Å²) < 4.78 is 0. The highest BCUT2D eigenvalue weighted by Crippen LogP contribution is 2.23. The average molecular weight is 180 g/mol. The van der Waals surface area contributed by atoms with Crippen molar-refractivity contribution in [3.05, 3.63) is 28.8 Å². The maximum Gasteiger partial charge on any atom is 0.0625 e. The summed E-state index contributed by atoms with van der Waals surface area (Å²) in [4.78, 5) is 0. The molecule has 0 aliphatic rings. The van der Waals surface area contributed by atoms with Gasteiger partial charge in [0.05, 0.1) is 12.6 Å². The fourth-order valence-corrected chi connectivity index (χ4v) is 1.42. The minimum atomic E-state index is -0.376. The van der Waals surface area contributed by atoms with Crippen LogP contribution in [-0.2, 0) is 0 Å². The fraction of sp³-hybridized carbons (Fsp3) is 0.400. The summed E-state index contributed by atoms with van der Waals surface area (Å²) in [6.07, 6.45) is 0. The van der Waals surface area contributed by atoms with Crippen LogP contribution in [0.2, 0.25) is 0 Å². The zero-order valence-corrected chi connectivity index (χ0v) is 8.04. The predicted molar refractivity (Wildman–Crippen MR) is 54.3 cm³/mol. The first-order valence-corrected chi connectivity index (χ1v) is 4.29. The third-order valence-electron chi connectivity index (χ3n) is 2.16. The monoisotopic (exact) mass is 180 g/mol. The molecule has 5 N–H and O–H groups in total. The Morgan fingerprint density at radius 1 is 1.38 bits per heavy atom. The molecule has 1 rings (SSSR count). The molecule has 0 fully saturated rings. The lowest BCUT2D eigenvalue weighted by Gasteiger charge is -2.14. The molecule has 0 bridgehead atoms. The molecule has 0 saturated carbocycles. The highest BCUT2D eigenvalue weighted by Gasteiger charge is 2.10. The van der Waals surface area contributed by atoms with Gasteiger partial charge in [0.1, 0.15) is 0 Å². The van der Waals surface area contributed by atoms with Crippen LogP contribution in [0.5, 0.6) is 0 Å². The number of aliphatic hydroxyl groups excluding tert-OH is 1. The number of aliphatic hydroxyl groups is 1. The van der Waals surface area contributed by atoms with Crippen molar-refractivity contribution >= 4 is 5.69 Å². The van der Waals surface area contributed by atoms with Gasteiger partial charge in [-0.15, -0.1) is 0 Å². The molecule has 0 amide bonds. The Hall–Kier alpha value is -1.06. The Balaban J connectivity index is 3.20. The van der Waals surface area contributed by atoms with Gasteiger partial charge in [-0.2, -0.15) is 0 Å². The van der Waals surface area contributed by atoms with Crippen LogP contribution in [0.4, 0.5) is 5.69 Å². The van der Waals surface area contributed by atoms with Gasteiger partial charge in [-0.25, -0.2) is 0 Å². The van der Waals surface area contributed by atoms with Crippen molar-refractivity contribution < 1.29 is 5.11 Å². The molecule has 1 unspecified atom stereocenters. The van der Waals surface area contributed by atoms with E-state index in [9.17, 15) is 0 Å². The molecule has 3 nitrogen and oxygen atoms in total. The van der Waals surface area contributed by atoms with Crippen LogP contribution in [0.1, 0.15) is 22.7 Å². The van der Waals surface area contributed by atoms with Crippen molar-refractivity contribution in [1.82, 2.24) is 0 Å². The number of rotatable bonds is 2. The molecule has 1 aromatic carbocycles. The van der Waals surface area contributed by atoms with E-state index in [1.165, 1.54) is 0 Å². The molecule has 13 heavy (non-hydrogen) atoms. The van der Waals surface area contributed by atoms with E-state index in [4.69, 9.17) is 16.6 Å². The lowest BCUT2D eigenvalue weighted by atomic mass is 9.99. The van der Waals surface area contributed by atoms with E-state index in [0.717, 1.165) is 16.7 Å². The third kappa shape index (κ3) is 1.99. The van der Waals surface area contributed by atoms with Crippen molar-refractivity contribution in [2.24, 2.45) is 5.73 Å². The van der Waals surface area contributed by atoms with Crippen molar-refractivity contribution in [3.63, 3.8) is 0 Å².